The lowest BCUT2D eigenvalue weighted by atomic mass is 10.1. The molecule has 0 aromatic heterocycles. The fourth-order valence-electron chi connectivity index (χ4n) is 2.21. The van der Waals surface area contributed by atoms with Crippen molar-refractivity contribution in [2.45, 2.75) is 18.2 Å². The zero-order valence-corrected chi connectivity index (χ0v) is 14.8. The van der Waals surface area contributed by atoms with Gasteiger partial charge in [0, 0.05) is 12.1 Å². The molecule has 1 N–H and O–H groups in total. The zero-order chi connectivity index (χ0) is 18.1. The Morgan fingerprint density at radius 1 is 1.04 bits per heavy atom. The first kappa shape index (κ1) is 18.9. The molecular weight excluding hydrogens is 338 g/mol. The first-order chi connectivity index (χ1) is 12.0. The van der Waals surface area contributed by atoms with Gasteiger partial charge >= 0.3 is 5.97 Å². The number of carbonyl (C=O) groups is 1. The lowest BCUT2D eigenvalue weighted by molar-refractivity contribution is -0.138. The van der Waals surface area contributed by atoms with Crippen molar-refractivity contribution in [2.24, 2.45) is 0 Å². The summed E-state index contributed by atoms with van der Waals surface area (Å²) in [5.74, 6) is -0.440. The highest BCUT2D eigenvalue weighted by Gasteiger charge is 2.15. The fraction of sp³-hybridized carbons (Fsp3) is 0.211. The smallest absolute Gasteiger partial charge is 0.334 e. The number of ether oxygens (including phenoxy) is 1. The highest BCUT2D eigenvalue weighted by atomic mass is 32.2. The number of hydrogen-bond acceptors (Lipinski definition) is 4. The van der Waals surface area contributed by atoms with E-state index in [1.165, 1.54) is 12.1 Å². The number of esters is 1. The lowest BCUT2D eigenvalue weighted by Crippen LogP contribution is -2.26. The average molecular weight is 359 g/mol. The van der Waals surface area contributed by atoms with E-state index in [9.17, 15) is 13.2 Å². The second-order valence-electron chi connectivity index (χ2n) is 5.26. The number of carbonyl (C=O) groups excluding carboxylic acids is 1. The Morgan fingerprint density at radius 3 is 2.24 bits per heavy atom. The van der Waals surface area contributed by atoms with Crippen LogP contribution in [-0.4, -0.2) is 27.5 Å². The van der Waals surface area contributed by atoms with Crippen molar-refractivity contribution in [2.75, 3.05) is 13.2 Å². The van der Waals surface area contributed by atoms with Crippen molar-refractivity contribution >= 4 is 22.1 Å². The molecule has 0 aliphatic heterocycles. The van der Waals surface area contributed by atoms with Crippen molar-refractivity contribution in [1.82, 2.24) is 4.72 Å². The molecule has 2 rings (SSSR count). The molecule has 0 fully saturated rings. The maximum absolute atomic E-state index is 12.2. The Bertz CT molecular complexity index is 815. The van der Waals surface area contributed by atoms with Crippen LogP contribution in [0.3, 0.4) is 0 Å². The van der Waals surface area contributed by atoms with Gasteiger partial charge in [-0.3, -0.25) is 0 Å². The van der Waals surface area contributed by atoms with E-state index in [0.29, 0.717) is 5.57 Å². The summed E-state index contributed by atoms with van der Waals surface area (Å²) >= 11 is 0. The highest BCUT2D eigenvalue weighted by molar-refractivity contribution is 7.89. The maximum Gasteiger partial charge on any atom is 0.334 e. The number of rotatable bonds is 8. The molecule has 0 heterocycles. The summed E-state index contributed by atoms with van der Waals surface area (Å²) < 4.78 is 32.0. The topological polar surface area (TPSA) is 72.5 Å². The summed E-state index contributed by atoms with van der Waals surface area (Å²) in [6.07, 6.45) is 1.95. The third-order valence-corrected chi connectivity index (χ3v) is 4.89. The van der Waals surface area contributed by atoms with Gasteiger partial charge in [-0.05, 0) is 37.1 Å². The molecule has 0 saturated carbocycles. The Labute approximate surface area is 148 Å². The second-order valence-corrected chi connectivity index (χ2v) is 7.03. The molecule has 6 heteroatoms. The van der Waals surface area contributed by atoms with Crippen molar-refractivity contribution in [3.05, 3.63) is 71.8 Å². The number of hydrogen-bond donors (Lipinski definition) is 1. The van der Waals surface area contributed by atoms with Crippen molar-refractivity contribution in [1.29, 1.82) is 0 Å². The van der Waals surface area contributed by atoms with Gasteiger partial charge in [0.05, 0.1) is 11.5 Å². The molecule has 132 valence electrons. The Hall–Kier alpha value is -2.44. The van der Waals surface area contributed by atoms with E-state index in [1.807, 2.05) is 30.3 Å². The summed E-state index contributed by atoms with van der Waals surface area (Å²) in [6, 6.07) is 17.5. The monoisotopic (exact) mass is 359 g/mol. The van der Waals surface area contributed by atoms with Crippen LogP contribution in [0.15, 0.2) is 71.1 Å². The third-order valence-electron chi connectivity index (χ3n) is 3.42. The highest BCUT2D eigenvalue weighted by Crippen LogP contribution is 2.13. The van der Waals surface area contributed by atoms with E-state index >= 15 is 0 Å². The first-order valence-electron chi connectivity index (χ1n) is 8.00. The summed E-state index contributed by atoms with van der Waals surface area (Å²) in [6.45, 7) is 2.10. The largest absolute Gasteiger partial charge is 0.463 e. The van der Waals surface area contributed by atoms with Crippen LogP contribution in [0.1, 0.15) is 18.9 Å². The quantitative estimate of drug-likeness (QED) is 0.581. The second kappa shape index (κ2) is 9.15. The lowest BCUT2D eigenvalue weighted by Gasteiger charge is -2.09. The molecule has 0 aliphatic carbocycles. The van der Waals surface area contributed by atoms with Crippen LogP contribution < -0.4 is 4.72 Å². The van der Waals surface area contributed by atoms with E-state index < -0.39 is 16.0 Å². The maximum atomic E-state index is 12.2. The van der Waals surface area contributed by atoms with E-state index in [0.717, 1.165) is 5.56 Å². The van der Waals surface area contributed by atoms with Gasteiger partial charge in [0.1, 0.15) is 0 Å². The van der Waals surface area contributed by atoms with Crippen LogP contribution in [-0.2, 0) is 19.6 Å². The van der Waals surface area contributed by atoms with E-state index in [1.54, 1.807) is 31.2 Å². The van der Waals surface area contributed by atoms with Gasteiger partial charge in [0.15, 0.2) is 0 Å². The molecule has 2 aromatic carbocycles. The molecule has 0 radical (unpaired) electrons. The summed E-state index contributed by atoms with van der Waals surface area (Å²) in [7, 11) is -3.60. The van der Waals surface area contributed by atoms with Gasteiger partial charge in [0.2, 0.25) is 10.0 Å². The molecule has 0 spiro atoms. The zero-order valence-electron chi connectivity index (χ0n) is 14.0. The summed E-state index contributed by atoms with van der Waals surface area (Å²) in [5.41, 5.74) is 1.28. The number of nitrogens with one attached hydrogen (secondary N) is 1. The van der Waals surface area contributed by atoms with Gasteiger partial charge in [-0.15, -0.1) is 0 Å². The molecule has 0 unspecified atom stereocenters. The fourth-order valence-corrected chi connectivity index (χ4v) is 3.26. The van der Waals surface area contributed by atoms with Crippen molar-refractivity contribution in [3.63, 3.8) is 0 Å². The average Bonchev–Trinajstić information content (AvgIpc) is 2.62. The molecule has 0 bridgehead atoms. The predicted molar refractivity (Wildman–Crippen MR) is 97.3 cm³/mol. The molecule has 5 nitrogen and oxygen atoms in total. The molecule has 2 aromatic rings. The number of sulfonamides is 1. The van der Waals surface area contributed by atoms with Gasteiger partial charge in [-0.25, -0.2) is 17.9 Å². The molecule has 25 heavy (non-hydrogen) atoms. The molecule has 0 saturated heterocycles. The van der Waals surface area contributed by atoms with Gasteiger partial charge in [0.25, 0.3) is 0 Å². The van der Waals surface area contributed by atoms with Crippen LogP contribution in [0.4, 0.5) is 0 Å². The normalized spacial score (nSPS) is 12.0. The van der Waals surface area contributed by atoms with Crippen LogP contribution in [0.25, 0.3) is 6.08 Å². The minimum atomic E-state index is -3.60. The Morgan fingerprint density at radius 2 is 1.64 bits per heavy atom. The van der Waals surface area contributed by atoms with Crippen LogP contribution >= 0.6 is 0 Å². The third kappa shape index (κ3) is 5.85. The SMILES string of the molecule is CCOC(=O)/C(=C/c1ccccc1)CCNS(=O)(=O)c1ccccc1. The Kier molecular flexibility index (Phi) is 6.91. The molecular formula is C19H21NO4S. The van der Waals surface area contributed by atoms with Gasteiger partial charge < -0.3 is 4.74 Å². The molecule has 0 aliphatic rings. The van der Waals surface area contributed by atoms with Crippen LogP contribution in [0.5, 0.6) is 0 Å². The van der Waals surface area contributed by atoms with E-state index in [4.69, 9.17) is 4.74 Å². The van der Waals surface area contributed by atoms with E-state index in [2.05, 4.69) is 4.72 Å². The predicted octanol–water partition coefficient (Wildman–Crippen LogP) is 3.00. The van der Waals surface area contributed by atoms with Crippen molar-refractivity contribution < 1.29 is 17.9 Å². The van der Waals surface area contributed by atoms with Crippen LogP contribution in [0, 0.1) is 0 Å². The minimum absolute atomic E-state index is 0.106. The Balaban J connectivity index is 2.08. The van der Waals surface area contributed by atoms with Crippen molar-refractivity contribution in [3.8, 4) is 0 Å². The molecule has 0 amide bonds. The minimum Gasteiger partial charge on any atom is -0.463 e. The first-order valence-corrected chi connectivity index (χ1v) is 9.48. The molecule has 0 atom stereocenters. The standard InChI is InChI=1S/C19H21NO4S/c1-2-24-19(21)17(15-16-9-5-3-6-10-16)13-14-20-25(22,23)18-11-7-4-8-12-18/h3-12,15,20H,2,13-14H2,1H3/b17-15+. The van der Waals surface area contributed by atoms with Gasteiger partial charge in [-0.1, -0.05) is 48.5 Å². The van der Waals surface area contributed by atoms with Crippen LogP contribution in [0.2, 0.25) is 0 Å². The summed E-state index contributed by atoms with van der Waals surface area (Å²) in [5, 5.41) is 0. The summed E-state index contributed by atoms with van der Waals surface area (Å²) in [4.78, 5) is 12.3. The van der Waals surface area contributed by atoms with Gasteiger partial charge in [-0.2, -0.15) is 0 Å². The number of benzene rings is 2. The van der Waals surface area contributed by atoms with E-state index in [-0.39, 0.29) is 24.5 Å².